The van der Waals surface area contributed by atoms with Gasteiger partial charge in [-0.25, -0.2) is 4.79 Å². The Morgan fingerprint density at radius 3 is 2.64 bits per heavy atom. The molecule has 14 heavy (non-hydrogen) atoms. The molecule has 6 heteroatoms. The van der Waals surface area contributed by atoms with E-state index in [0.29, 0.717) is 0 Å². The Labute approximate surface area is 80.7 Å². The average molecular weight is 197 g/mol. The highest BCUT2D eigenvalue weighted by Crippen LogP contribution is 1.96. The Balaban J connectivity index is 2.69. The molecule has 0 radical (unpaired) electrons. The van der Waals surface area contributed by atoms with E-state index >= 15 is 0 Å². The third-order valence-electron chi connectivity index (χ3n) is 1.66. The first-order valence-corrected chi connectivity index (χ1v) is 3.97. The molecule has 0 fully saturated rings. The van der Waals surface area contributed by atoms with Crippen LogP contribution >= 0.6 is 0 Å². The summed E-state index contributed by atoms with van der Waals surface area (Å²) in [5.74, 6) is -1.23. The van der Waals surface area contributed by atoms with Crippen LogP contribution in [0.5, 0.6) is 0 Å². The van der Waals surface area contributed by atoms with Gasteiger partial charge < -0.3 is 10.0 Å². The van der Waals surface area contributed by atoms with Crippen LogP contribution in [-0.2, 0) is 11.3 Å². The van der Waals surface area contributed by atoms with Gasteiger partial charge in [-0.3, -0.25) is 9.48 Å². The highest BCUT2D eigenvalue weighted by molar-refractivity contribution is 5.85. The van der Waals surface area contributed by atoms with Crippen molar-refractivity contribution in [2.75, 3.05) is 14.1 Å². The number of hydrogen-bond acceptors (Lipinski definition) is 3. The lowest BCUT2D eigenvalue weighted by molar-refractivity contribution is -0.129. The van der Waals surface area contributed by atoms with E-state index in [2.05, 4.69) is 5.10 Å². The number of hydrogen-bond donors (Lipinski definition) is 1. The van der Waals surface area contributed by atoms with Gasteiger partial charge in [-0.2, -0.15) is 5.10 Å². The lowest BCUT2D eigenvalue weighted by Gasteiger charge is -2.09. The van der Waals surface area contributed by atoms with Crippen molar-refractivity contribution in [2.24, 2.45) is 0 Å². The SMILES string of the molecule is CN(C)C(=O)Cn1ccc(C(=O)O)n1. The summed E-state index contributed by atoms with van der Waals surface area (Å²) in [7, 11) is 3.26. The van der Waals surface area contributed by atoms with Gasteiger partial charge in [0.25, 0.3) is 0 Å². The van der Waals surface area contributed by atoms with Crippen LogP contribution in [0.25, 0.3) is 0 Å². The van der Waals surface area contributed by atoms with Gasteiger partial charge >= 0.3 is 5.97 Å². The van der Waals surface area contributed by atoms with Crippen LogP contribution in [0.1, 0.15) is 10.5 Å². The molecule has 0 bridgehead atoms. The molecule has 0 unspecified atom stereocenters. The first kappa shape index (κ1) is 10.2. The predicted octanol–water partition coefficient (Wildman–Crippen LogP) is -0.331. The fourth-order valence-corrected chi connectivity index (χ4v) is 0.844. The Kier molecular flexibility index (Phi) is 2.85. The van der Waals surface area contributed by atoms with Crippen LogP contribution < -0.4 is 0 Å². The third kappa shape index (κ3) is 2.32. The van der Waals surface area contributed by atoms with Gasteiger partial charge in [-0.05, 0) is 6.07 Å². The van der Waals surface area contributed by atoms with E-state index in [9.17, 15) is 9.59 Å². The van der Waals surface area contributed by atoms with Crippen LogP contribution in [0, 0.1) is 0 Å². The van der Waals surface area contributed by atoms with E-state index in [0.717, 1.165) is 0 Å². The molecule has 0 aromatic carbocycles. The Morgan fingerprint density at radius 2 is 2.21 bits per heavy atom. The largest absolute Gasteiger partial charge is 0.476 e. The lowest BCUT2D eigenvalue weighted by atomic mass is 10.4. The van der Waals surface area contributed by atoms with E-state index < -0.39 is 5.97 Å². The zero-order valence-corrected chi connectivity index (χ0v) is 7.97. The maximum Gasteiger partial charge on any atom is 0.356 e. The van der Waals surface area contributed by atoms with Crippen LogP contribution in [0.2, 0.25) is 0 Å². The molecular weight excluding hydrogens is 186 g/mol. The van der Waals surface area contributed by atoms with Gasteiger partial charge in [0.1, 0.15) is 6.54 Å². The normalized spacial score (nSPS) is 9.86. The summed E-state index contributed by atoms with van der Waals surface area (Å²) in [6.45, 7) is 0.0558. The van der Waals surface area contributed by atoms with E-state index in [1.54, 1.807) is 14.1 Å². The van der Waals surface area contributed by atoms with Gasteiger partial charge in [0.2, 0.25) is 5.91 Å². The van der Waals surface area contributed by atoms with Gasteiger partial charge in [0.15, 0.2) is 5.69 Å². The highest BCUT2D eigenvalue weighted by atomic mass is 16.4. The summed E-state index contributed by atoms with van der Waals surface area (Å²) in [6, 6.07) is 1.35. The molecule has 0 atom stereocenters. The summed E-state index contributed by atoms with van der Waals surface area (Å²) in [5, 5.41) is 12.3. The van der Waals surface area contributed by atoms with E-state index in [1.165, 1.54) is 21.8 Å². The van der Waals surface area contributed by atoms with Crippen molar-refractivity contribution in [1.29, 1.82) is 0 Å². The predicted molar refractivity (Wildman–Crippen MR) is 47.9 cm³/mol. The summed E-state index contributed by atoms with van der Waals surface area (Å²) < 4.78 is 1.30. The maximum absolute atomic E-state index is 11.2. The fraction of sp³-hybridized carbons (Fsp3) is 0.375. The van der Waals surface area contributed by atoms with Gasteiger partial charge in [-0.15, -0.1) is 0 Å². The molecule has 1 amide bonds. The van der Waals surface area contributed by atoms with Gasteiger partial charge in [-0.1, -0.05) is 0 Å². The molecule has 76 valence electrons. The van der Waals surface area contributed by atoms with Crippen molar-refractivity contribution in [3.05, 3.63) is 18.0 Å². The maximum atomic E-state index is 11.2. The number of amides is 1. The first-order chi connectivity index (χ1) is 6.50. The second kappa shape index (κ2) is 3.91. The number of carbonyl (C=O) groups is 2. The Morgan fingerprint density at radius 1 is 1.57 bits per heavy atom. The number of aromatic carboxylic acids is 1. The molecule has 1 heterocycles. The topological polar surface area (TPSA) is 75.4 Å². The van der Waals surface area contributed by atoms with Crippen molar-refractivity contribution < 1.29 is 14.7 Å². The lowest BCUT2D eigenvalue weighted by Crippen LogP contribution is -2.26. The fourth-order valence-electron chi connectivity index (χ4n) is 0.844. The monoisotopic (exact) mass is 197 g/mol. The van der Waals surface area contributed by atoms with Gasteiger partial charge in [0, 0.05) is 20.3 Å². The standard InChI is InChI=1S/C8H11N3O3/c1-10(2)7(12)5-11-4-3-6(9-11)8(13)14/h3-4H,5H2,1-2H3,(H,13,14). The van der Waals surface area contributed by atoms with E-state index in [-0.39, 0.29) is 18.1 Å². The molecular formula is C8H11N3O3. The number of nitrogens with zero attached hydrogens (tertiary/aromatic N) is 3. The Bertz CT molecular complexity index is 356. The van der Waals surface area contributed by atoms with Crippen LogP contribution in [0.15, 0.2) is 12.3 Å². The zero-order chi connectivity index (χ0) is 10.7. The number of aromatic nitrogens is 2. The quantitative estimate of drug-likeness (QED) is 0.719. The summed E-state index contributed by atoms with van der Waals surface area (Å²) in [5.41, 5.74) is -0.0587. The van der Waals surface area contributed by atoms with Crippen LogP contribution in [0.4, 0.5) is 0 Å². The highest BCUT2D eigenvalue weighted by Gasteiger charge is 2.09. The molecule has 0 saturated heterocycles. The number of carbonyl (C=O) groups excluding carboxylic acids is 1. The summed E-state index contributed by atoms with van der Waals surface area (Å²) in [4.78, 5) is 23.1. The molecule has 1 rings (SSSR count). The molecule has 0 saturated carbocycles. The minimum atomic E-state index is -1.10. The average Bonchev–Trinajstić information content (AvgIpc) is 2.52. The number of rotatable bonds is 3. The number of carboxylic acids is 1. The van der Waals surface area contributed by atoms with Crippen molar-refractivity contribution in [1.82, 2.24) is 14.7 Å². The molecule has 0 aliphatic carbocycles. The van der Waals surface area contributed by atoms with E-state index in [4.69, 9.17) is 5.11 Å². The molecule has 0 aliphatic rings. The zero-order valence-electron chi connectivity index (χ0n) is 7.97. The third-order valence-corrected chi connectivity index (χ3v) is 1.66. The van der Waals surface area contributed by atoms with Crippen molar-refractivity contribution >= 4 is 11.9 Å². The van der Waals surface area contributed by atoms with Crippen molar-refractivity contribution in [3.63, 3.8) is 0 Å². The van der Waals surface area contributed by atoms with E-state index in [1.807, 2.05) is 0 Å². The minimum absolute atomic E-state index is 0.0558. The second-order valence-electron chi connectivity index (χ2n) is 2.99. The summed E-state index contributed by atoms with van der Waals surface area (Å²) in [6.07, 6.45) is 1.46. The van der Waals surface area contributed by atoms with Crippen LogP contribution in [-0.4, -0.2) is 45.8 Å². The first-order valence-electron chi connectivity index (χ1n) is 3.97. The van der Waals surface area contributed by atoms with Crippen molar-refractivity contribution in [3.8, 4) is 0 Å². The van der Waals surface area contributed by atoms with Crippen LogP contribution in [0.3, 0.4) is 0 Å². The minimum Gasteiger partial charge on any atom is -0.476 e. The molecule has 0 aliphatic heterocycles. The van der Waals surface area contributed by atoms with Crippen molar-refractivity contribution in [2.45, 2.75) is 6.54 Å². The number of likely N-dealkylation sites (N-methyl/N-ethyl adjacent to an activating group) is 1. The molecule has 0 spiro atoms. The number of carboxylic acid groups (broad SMARTS) is 1. The smallest absolute Gasteiger partial charge is 0.356 e. The summed E-state index contributed by atoms with van der Waals surface area (Å²) >= 11 is 0. The Hall–Kier alpha value is -1.85. The molecule has 6 nitrogen and oxygen atoms in total. The second-order valence-corrected chi connectivity index (χ2v) is 2.99. The molecule has 1 aromatic heterocycles. The molecule has 1 N–H and O–H groups in total. The molecule has 1 aromatic rings. The van der Waals surface area contributed by atoms with Gasteiger partial charge in [0.05, 0.1) is 0 Å².